The van der Waals surface area contributed by atoms with Crippen molar-refractivity contribution in [2.75, 3.05) is 0 Å². The van der Waals surface area contributed by atoms with Gasteiger partial charge in [0.15, 0.2) is 11.6 Å². The first-order valence-corrected chi connectivity index (χ1v) is 11.0. The Balaban J connectivity index is 2.40. The highest BCUT2D eigenvalue weighted by Gasteiger charge is 2.38. The molecule has 0 aromatic heterocycles. The second-order valence-corrected chi connectivity index (χ2v) is 10.4. The van der Waals surface area contributed by atoms with Crippen molar-refractivity contribution < 1.29 is 31.0 Å². The summed E-state index contributed by atoms with van der Waals surface area (Å²) in [5.41, 5.74) is -0.645. The summed E-state index contributed by atoms with van der Waals surface area (Å²) in [6, 6.07) is 8.44. The van der Waals surface area contributed by atoms with Gasteiger partial charge < -0.3 is 0 Å². The van der Waals surface area contributed by atoms with Crippen LogP contribution in [0.4, 0.5) is 0 Å². The van der Waals surface area contributed by atoms with Crippen LogP contribution in [0.2, 0.25) is 0 Å². The smallest absolute Gasteiger partial charge is 0.289 e. The number of ketones is 2. The molecule has 1 aliphatic rings. The van der Waals surface area contributed by atoms with Crippen LogP contribution in [0.1, 0.15) is 58.2 Å². The Morgan fingerprint density at radius 3 is 1.86 bits per heavy atom. The van der Waals surface area contributed by atoms with Crippen LogP contribution in [0.15, 0.2) is 41.3 Å². The van der Waals surface area contributed by atoms with Crippen molar-refractivity contribution in [1.29, 1.82) is 0 Å². The molecule has 0 amide bonds. The lowest BCUT2D eigenvalue weighted by atomic mass is 9.75. The van der Waals surface area contributed by atoms with E-state index in [0.717, 1.165) is 6.07 Å². The van der Waals surface area contributed by atoms with Crippen LogP contribution in [0.25, 0.3) is 0 Å². The summed E-state index contributed by atoms with van der Waals surface area (Å²) < 4.78 is 57.5. The maximum absolute atomic E-state index is 13.2. The van der Waals surface area contributed by atoms with Crippen LogP contribution in [0.5, 0.6) is 0 Å². The fourth-order valence-corrected chi connectivity index (χ4v) is 5.71. The summed E-state index contributed by atoms with van der Waals surface area (Å²) in [7, 11) is -9.81. The first-order valence-electron chi connectivity index (χ1n) is 8.11. The summed E-state index contributed by atoms with van der Waals surface area (Å²) >= 11 is 0. The Morgan fingerprint density at radius 1 is 0.821 bits per heavy atom. The van der Waals surface area contributed by atoms with Gasteiger partial charge in [0.25, 0.3) is 10.0 Å². The molecule has 2 aromatic carbocycles. The summed E-state index contributed by atoms with van der Waals surface area (Å²) in [4.78, 5) is 25.5. The van der Waals surface area contributed by atoms with Crippen molar-refractivity contribution in [2.45, 2.75) is 31.1 Å². The number of hydrogen-bond acceptors (Lipinski definition) is 6. The first-order chi connectivity index (χ1) is 12.7. The van der Waals surface area contributed by atoms with Gasteiger partial charge in [0, 0.05) is 22.3 Å². The first kappa shape index (κ1) is 20.3. The number of nitrogens with one attached hydrogen (secondary N) is 1. The molecule has 0 saturated carbocycles. The van der Waals surface area contributed by atoms with Crippen LogP contribution in [-0.4, -0.2) is 33.0 Å². The Bertz CT molecular complexity index is 1240. The lowest BCUT2D eigenvalue weighted by Gasteiger charge is -2.29. The van der Waals surface area contributed by atoms with E-state index in [1.54, 1.807) is 32.9 Å². The Hall–Kier alpha value is -2.40. The lowest BCUT2D eigenvalue weighted by molar-refractivity contribution is 0.0977. The minimum absolute atomic E-state index is 0.00555. The van der Waals surface area contributed by atoms with Gasteiger partial charge in [-0.25, -0.2) is 8.42 Å². The Morgan fingerprint density at radius 2 is 1.36 bits per heavy atom. The zero-order valence-electron chi connectivity index (χ0n) is 15.2. The molecule has 148 valence electrons. The second kappa shape index (κ2) is 6.31. The summed E-state index contributed by atoms with van der Waals surface area (Å²) in [5, 5.41) is 0. The maximum atomic E-state index is 13.2. The number of sulfonamides is 1. The number of fused-ring (bicyclic) bond motifs is 2. The molecule has 0 atom stereocenters. The fraction of sp³-hybridized carbons (Fsp3) is 0.222. The molecule has 3 rings (SSSR count). The molecule has 0 spiro atoms. The van der Waals surface area contributed by atoms with E-state index in [4.69, 9.17) is 4.55 Å². The fourth-order valence-electron chi connectivity index (χ4n) is 3.32. The molecule has 10 heteroatoms. The minimum Gasteiger partial charge on any atom is -0.289 e. The molecule has 0 heterocycles. The van der Waals surface area contributed by atoms with Gasteiger partial charge in [-0.05, 0) is 23.1 Å². The summed E-state index contributed by atoms with van der Waals surface area (Å²) in [6.45, 7) is 4.90. The van der Waals surface area contributed by atoms with Gasteiger partial charge in [0.2, 0.25) is 0 Å². The van der Waals surface area contributed by atoms with Crippen LogP contribution >= 0.6 is 0 Å². The molecular weight excluding hydrogens is 406 g/mol. The Labute approximate surface area is 162 Å². The number of carbonyl (C=O) groups is 2. The predicted molar refractivity (Wildman–Crippen MR) is 100 cm³/mol. The van der Waals surface area contributed by atoms with Gasteiger partial charge in [0.05, 0.1) is 4.90 Å². The van der Waals surface area contributed by atoms with Crippen molar-refractivity contribution in [3.63, 3.8) is 0 Å². The average Bonchev–Trinajstić information content (AvgIpc) is 2.55. The molecular formula is C18H17NO7S2. The molecule has 0 bridgehead atoms. The second-order valence-electron chi connectivity index (χ2n) is 7.38. The molecule has 1 aliphatic carbocycles. The summed E-state index contributed by atoms with van der Waals surface area (Å²) in [6.07, 6.45) is 0. The SMILES string of the molecule is CC(C)(C)c1c(S(=O)(=O)NS(=O)(=O)O)ccc2c1C(=O)c1ccccc1C2=O. The van der Waals surface area contributed by atoms with Crippen LogP contribution < -0.4 is 4.13 Å². The third kappa shape index (κ3) is 3.39. The van der Waals surface area contributed by atoms with Gasteiger partial charge in [-0.3, -0.25) is 14.1 Å². The van der Waals surface area contributed by atoms with Gasteiger partial charge >= 0.3 is 10.3 Å². The molecule has 2 aromatic rings. The van der Waals surface area contributed by atoms with E-state index in [-0.39, 0.29) is 27.8 Å². The third-order valence-corrected chi connectivity index (χ3v) is 6.95. The molecule has 8 nitrogen and oxygen atoms in total. The van der Waals surface area contributed by atoms with Gasteiger partial charge in [-0.2, -0.15) is 8.42 Å². The predicted octanol–water partition coefficient (Wildman–Crippen LogP) is 1.84. The number of carbonyl (C=O) groups excluding carboxylic acids is 2. The van der Waals surface area contributed by atoms with Crippen LogP contribution in [0, 0.1) is 0 Å². The van der Waals surface area contributed by atoms with E-state index in [9.17, 15) is 26.4 Å². The number of hydrogen-bond donors (Lipinski definition) is 2. The quantitative estimate of drug-likeness (QED) is 0.614. The van der Waals surface area contributed by atoms with Crippen molar-refractivity contribution in [3.8, 4) is 0 Å². The van der Waals surface area contributed by atoms with Crippen LogP contribution in [0.3, 0.4) is 0 Å². The highest BCUT2D eigenvalue weighted by atomic mass is 32.3. The van der Waals surface area contributed by atoms with E-state index in [2.05, 4.69) is 0 Å². The average molecular weight is 423 g/mol. The summed E-state index contributed by atoms with van der Waals surface area (Å²) in [5.74, 6) is -0.957. The third-order valence-electron chi connectivity index (χ3n) is 4.31. The molecule has 0 saturated heterocycles. The van der Waals surface area contributed by atoms with Crippen LogP contribution in [-0.2, 0) is 25.7 Å². The van der Waals surface area contributed by atoms with E-state index >= 15 is 0 Å². The van der Waals surface area contributed by atoms with Gasteiger partial charge in [-0.1, -0.05) is 49.2 Å². The molecule has 28 heavy (non-hydrogen) atoms. The molecule has 0 radical (unpaired) electrons. The van der Waals surface area contributed by atoms with E-state index in [1.807, 2.05) is 0 Å². The molecule has 2 N–H and O–H groups in total. The lowest BCUT2D eigenvalue weighted by Crippen LogP contribution is -2.34. The van der Waals surface area contributed by atoms with Gasteiger partial charge in [0.1, 0.15) is 0 Å². The number of rotatable bonds is 3. The molecule has 0 aliphatic heterocycles. The highest BCUT2D eigenvalue weighted by molar-refractivity contribution is 8.02. The normalized spacial score (nSPS) is 14.6. The molecule has 0 fully saturated rings. The zero-order valence-corrected chi connectivity index (χ0v) is 16.8. The van der Waals surface area contributed by atoms with Gasteiger partial charge in [-0.15, -0.1) is 0 Å². The minimum atomic E-state index is -5.08. The molecule has 0 unspecified atom stereocenters. The zero-order chi connectivity index (χ0) is 21.1. The van der Waals surface area contributed by atoms with Crippen molar-refractivity contribution in [3.05, 3.63) is 64.2 Å². The highest BCUT2D eigenvalue weighted by Crippen LogP contribution is 2.38. The van der Waals surface area contributed by atoms with Crippen molar-refractivity contribution in [2.24, 2.45) is 0 Å². The van der Waals surface area contributed by atoms with Crippen molar-refractivity contribution in [1.82, 2.24) is 4.13 Å². The maximum Gasteiger partial charge on any atom is 0.346 e. The van der Waals surface area contributed by atoms with E-state index in [1.165, 1.54) is 22.3 Å². The van der Waals surface area contributed by atoms with E-state index in [0.29, 0.717) is 0 Å². The van der Waals surface area contributed by atoms with Crippen molar-refractivity contribution >= 4 is 31.9 Å². The monoisotopic (exact) mass is 423 g/mol. The Kier molecular flexibility index (Phi) is 4.58. The number of benzene rings is 2. The standard InChI is InChI=1S/C18H17NO7S2/c1-18(2,3)15-13(27(22,23)19-28(24,25)26)9-8-12-14(15)17(21)11-7-5-4-6-10(11)16(12)20/h4-9,19H,1-3H3,(H,24,25,26). The van der Waals surface area contributed by atoms with E-state index < -0.39 is 42.2 Å². The largest absolute Gasteiger partial charge is 0.346 e. The topological polar surface area (TPSA) is 135 Å².